The van der Waals surface area contributed by atoms with E-state index in [2.05, 4.69) is 31.2 Å². The fourth-order valence-corrected chi connectivity index (χ4v) is 1.26. The molecule has 0 aromatic heterocycles. The Morgan fingerprint density at radius 1 is 1.47 bits per heavy atom. The van der Waals surface area contributed by atoms with Crippen LogP contribution in [0.4, 0.5) is 0 Å². The molecule has 1 unspecified atom stereocenters. The number of carbonyl (C=O) groups is 1. The lowest BCUT2D eigenvalue weighted by molar-refractivity contribution is -0.119. The maximum absolute atomic E-state index is 10.6. The number of nitrogens with zero attached hydrogens (tertiary/aromatic N) is 1. The van der Waals surface area contributed by atoms with Gasteiger partial charge < -0.3 is 15.0 Å². The van der Waals surface area contributed by atoms with E-state index in [1.165, 1.54) is 6.92 Å². The molecular weight excluding hydrogens is 192 g/mol. The van der Waals surface area contributed by atoms with E-state index >= 15 is 0 Å². The minimum absolute atomic E-state index is 0.0000556. The average Bonchev–Trinajstić information content (AvgIpc) is 2.16. The lowest BCUT2D eigenvalue weighted by atomic mass is 10.2. The van der Waals surface area contributed by atoms with Crippen molar-refractivity contribution < 1.29 is 9.53 Å². The highest BCUT2D eigenvalue weighted by Gasteiger charge is 2.06. The third-order valence-electron chi connectivity index (χ3n) is 2.18. The second-order valence-electron chi connectivity index (χ2n) is 3.98. The summed E-state index contributed by atoms with van der Waals surface area (Å²) >= 11 is 0. The Labute approximate surface area is 93.0 Å². The summed E-state index contributed by atoms with van der Waals surface area (Å²) in [5.74, 6) is -0.0000556. The summed E-state index contributed by atoms with van der Waals surface area (Å²) in [5, 5.41) is 2.72. The van der Waals surface area contributed by atoms with Gasteiger partial charge in [0.1, 0.15) is 0 Å². The summed E-state index contributed by atoms with van der Waals surface area (Å²) in [6.07, 6.45) is 2.37. The number of hydrogen-bond donors (Lipinski definition) is 1. The minimum atomic E-state index is -0.0000556. The zero-order valence-electron chi connectivity index (χ0n) is 10.4. The summed E-state index contributed by atoms with van der Waals surface area (Å²) < 4.78 is 5.65. The third-order valence-corrected chi connectivity index (χ3v) is 2.18. The predicted molar refractivity (Wildman–Crippen MR) is 61.9 cm³/mol. The molecule has 0 aromatic carbocycles. The van der Waals surface area contributed by atoms with E-state index in [9.17, 15) is 4.79 Å². The Hall–Kier alpha value is -0.610. The summed E-state index contributed by atoms with van der Waals surface area (Å²) in [4.78, 5) is 12.8. The van der Waals surface area contributed by atoms with Crippen molar-refractivity contribution in [2.24, 2.45) is 0 Å². The summed E-state index contributed by atoms with van der Waals surface area (Å²) in [5.41, 5.74) is 0. The van der Waals surface area contributed by atoms with Gasteiger partial charge in [0.15, 0.2) is 0 Å². The van der Waals surface area contributed by atoms with Gasteiger partial charge in [-0.15, -0.1) is 0 Å². The molecule has 0 aliphatic rings. The molecule has 4 heteroatoms. The minimum Gasteiger partial charge on any atom is -0.376 e. The van der Waals surface area contributed by atoms with E-state index in [0.717, 1.165) is 19.4 Å². The second-order valence-corrected chi connectivity index (χ2v) is 3.98. The van der Waals surface area contributed by atoms with Gasteiger partial charge in [0, 0.05) is 13.5 Å². The van der Waals surface area contributed by atoms with E-state index in [-0.39, 0.29) is 5.91 Å². The molecule has 0 saturated carbocycles. The molecular formula is C11H24N2O2. The van der Waals surface area contributed by atoms with E-state index in [0.29, 0.717) is 19.3 Å². The molecule has 0 fully saturated rings. The van der Waals surface area contributed by atoms with Crippen LogP contribution in [0, 0.1) is 0 Å². The normalized spacial score (nSPS) is 12.9. The third kappa shape index (κ3) is 9.69. The Kier molecular flexibility index (Phi) is 8.33. The molecule has 90 valence electrons. The van der Waals surface area contributed by atoms with E-state index in [4.69, 9.17) is 4.74 Å². The van der Waals surface area contributed by atoms with Gasteiger partial charge >= 0.3 is 0 Å². The molecule has 15 heavy (non-hydrogen) atoms. The second kappa shape index (κ2) is 8.68. The van der Waals surface area contributed by atoms with Crippen LogP contribution in [0.25, 0.3) is 0 Å². The Bertz CT molecular complexity index is 172. The molecule has 0 bridgehead atoms. The van der Waals surface area contributed by atoms with Crippen LogP contribution in [0.3, 0.4) is 0 Å². The molecule has 1 amide bonds. The van der Waals surface area contributed by atoms with Crippen LogP contribution in [0.5, 0.6) is 0 Å². The van der Waals surface area contributed by atoms with E-state index < -0.39 is 0 Å². The quantitative estimate of drug-likeness (QED) is 0.612. The molecule has 0 aromatic rings. The van der Waals surface area contributed by atoms with Crippen molar-refractivity contribution in [1.82, 2.24) is 10.2 Å². The Balaban J connectivity index is 3.48. The largest absolute Gasteiger partial charge is 0.376 e. The smallest absolute Gasteiger partial charge is 0.216 e. The van der Waals surface area contributed by atoms with Crippen molar-refractivity contribution in [1.29, 1.82) is 0 Å². The van der Waals surface area contributed by atoms with Gasteiger partial charge in [-0.1, -0.05) is 6.92 Å². The molecule has 0 radical (unpaired) electrons. The highest BCUT2D eigenvalue weighted by atomic mass is 16.5. The fourth-order valence-electron chi connectivity index (χ4n) is 1.26. The molecule has 4 nitrogen and oxygen atoms in total. The number of carbonyl (C=O) groups excluding carboxylic acids is 1. The van der Waals surface area contributed by atoms with Gasteiger partial charge in [0.05, 0.1) is 12.7 Å². The lowest BCUT2D eigenvalue weighted by Crippen LogP contribution is -2.28. The maximum Gasteiger partial charge on any atom is 0.216 e. The van der Waals surface area contributed by atoms with Crippen LogP contribution in [0.1, 0.15) is 26.7 Å². The van der Waals surface area contributed by atoms with Gasteiger partial charge in [0.25, 0.3) is 0 Å². The zero-order chi connectivity index (χ0) is 11.7. The number of ether oxygens (including phenoxy) is 1. The monoisotopic (exact) mass is 216 g/mol. The molecule has 0 aliphatic carbocycles. The first kappa shape index (κ1) is 14.4. The molecule has 0 rings (SSSR count). The van der Waals surface area contributed by atoms with Gasteiger partial charge in [-0.05, 0) is 33.5 Å². The SMILES string of the molecule is CCC(CCN(C)C)OCCNC(C)=O. The molecule has 1 atom stereocenters. The van der Waals surface area contributed by atoms with Crippen molar-refractivity contribution in [3.8, 4) is 0 Å². The van der Waals surface area contributed by atoms with Crippen LogP contribution in [0.15, 0.2) is 0 Å². The van der Waals surface area contributed by atoms with Gasteiger partial charge in [-0.25, -0.2) is 0 Å². The van der Waals surface area contributed by atoms with Crippen molar-refractivity contribution >= 4 is 5.91 Å². The summed E-state index contributed by atoms with van der Waals surface area (Å²) in [6.45, 7) is 5.89. The fraction of sp³-hybridized carbons (Fsp3) is 0.909. The van der Waals surface area contributed by atoms with Gasteiger partial charge in [0.2, 0.25) is 5.91 Å². The highest BCUT2D eigenvalue weighted by molar-refractivity contribution is 5.72. The van der Waals surface area contributed by atoms with Crippen LogP contribution >= 0.6 is 0 Å². The zero-order valence-corrected chi connectivity index (χ0v) is 10.4. The Morgan fingerprint density at radius 2 is 2.13 bits per heavy atom. The topological polar surface area (TPSA) is 41.6 Å². The number of rotatable bonds is 8. The Morgan fingerprint density at radius 3 is 2.60 bits per heavy atom. The maximum atomic E-state index is 10.6. The summed E-state index contributed by atoms with van der Waals surface area (Å²) in [6, 6.07) is 0. The standard InChI is InChI=1S/C11H24N2O2/c1-5-11(6-8-13(3)4)15-9-7-12-10(2)14/h11H,5-9H2,1-4H3,(H,12,14). The first-order chi connectivity index (χ1) is 7.06. The molecule has 1 N–H and O–H groups in total. The van der Waals surface area contributed by atoms with Crippen LogP contribution in [0.2, 0.25) is 0 Å². The number of amides is 1. The highest BCUT2D eigenvalue weighted by Crippen LogP contribution is 2.03. The predicted octanol–water partition coefficient (Wildman–Crippen LogP) is 0.869. The lowest BCUT2D eigenvalue weighted by Gasteiger charge is -2.18. The van der Waals surface area contributed by atoms with Crippen molar-refractivity contribution in [2.45, 2.75) is 32.8 Å². The van der Waals surface area contributed by atoms with Gasteiger partial charge in [-0.3, -0.25) is 4.79 Å². The number of nitrogens with one attached hydrogen (secondary N) is 1. The number of hydrogen-bond acceptors (Lipinski definition) is 3. The summed E-state index contributed by atoms with van der Waals surface area (Å²) in [7, 11) is 4.12. The van der Waals surface area contributed by atoms with Crippen LogP contribution in [-0.4, -0.2) is 50.7 Å². The first-order valence-electron chi connectivity index (χ1n) is 5.57. The molecule has 0 saturated heterocycles. The van der Waals surface area contributed by atoms with E-state index in [1.54, 1.807) is 0 Å². The van der Waals surface area contributed by atoms with Gasteiger partial charge in [-0.2, -0.15) is 0 Å². The van der Waals surface area contributed by atoms with Crippen LogP contribution in [-0.2, 0) is 9.53 Å². The van der Waals surface area contributed by atoms with E-state index in [1.807, 2.05) is 0 Å². The van der Waals surface area contributed by atoms with Crippen molar-refractivity contribution in [2.75, 3.05) is 33.8 Å². The molecule has 0 spiro atoms. The molecule has 0 heterocycles. The van der Waals surface area contributed by atoms with Crippen molar-refractivity contribution in [3.63, 3.8) is 0 Å². The average molecular weight is 216 g/mol. The molecule has 0 aliphatic heterocycles. The van der Waals surface area contributed by atoms with Crippen LogP contribution < -0.4 is 5.32 Å². The first-order valence-corrected chi connectivity index (χ1v) is 5.57. The van der Waals surface area contributed by atoms with Crippen molar-refractivity contribution in [3.05, 3.63) is 0 Å².